The molecule has 0 aliphatic heterocycles. The van der Waals surface area contributed by atoms with Crippen molar-refractivity contribution in [2.24, 2.45) is 0 Å². The van der Waals surface area contributed by atoms with E-state index in [4.69, 9.17) is 9.84 Å². The van der Waals surface area contributed by atoms with E-state index < -0.39 is 0 Å². The molecule has 0 radical (unpaired) electrons. The first-order valence-electron chi connectivity index (χ1n) is 4.58. The smallest absolute Gasteiger partial charge is 0.294 e. The molecule has 1 heterocycles. The third-order valence-electron chi connectivity index (χ3n) is 1.83. The molecule has 1 aromatic heterocycles. The molecule has 1 atom stereocenters. The summed E-state index contributed by atoms with van der Waals surface area (Å²) in [6.07, 6.45) is 2.00. The van der Waals surface area contributed by atoms with Gasteiger partial charge in [0.05, 0.1) is 13.4 Å². The van der Waals surface area contributed by atoms with E-state index in [0.29, 0.717) is 11.4 Å². The third kappa shape index (κ3) is 3.24. The molecule has 84 valence electrons. The number of hydrogen-bond donors (Lipinski definition) is 2. The van der Waals surface area contributed by atoms with E-state index in [9.17, 15) is 4.79 Å². The average Bonchev–Trinajstić information content (AvgIpc) is 2.18. The van der Waals surface area contributed by atoms with Crippen LogP contribution in [0.25, 0.3) is 0 Å². The molecule has 15 heavy (non-hydrogen) atoms. The van der Waals surface area contributed by atoms with Crippen molar-refractivity contribution < 1.29 is 9.84 Å². The number of aromatic nitrogens is 2. The molecule has 1 unspecified atom stereocenters. The fraction of sp³-hybridized carbons (Fsp3) is 0.556. The van der Waals surface area contributed by atoms with E-state index in [-0.39, 0.29) is 23.2 Å². The van der Waals surface area contributed by atoms with Gasteiger partial charge in [-0.2, -0.15) is 0 Å². The summed E-state index contributed by atoms with van der Waals surface area (Å²) < 4.78 is 4.97. The Labute approximate surface area is 91.9 Å². The Bertz CT molecular complexity index is 367. The standard InChI is InChI=1S/C9H14N2O3S/c1-6(3-4-12)15-9-7(14-2)8(13)10-5-11-9/h5-6,12H,3-4H2,1-2H3,(H,10,11,13). The number of ether oxygens (including phenoxy) is 1. The number of hydrogen-bond acceptors (Lipinski definition) is 5. The number of rotatable bonds is 5. The minimum absolute atomic E-state index is 0.125. The second-order valence-electron chi connectivity index (χ2n) is 3.01. The fourth-order valence-corrected chi connectivity index (χ4v) is 2.07. The molecule has 0 spiro atoms. The van der Waals surface area contributed by atoms with Crippen LogP contribution >= 0.6 is 11.8 Å². The number of thioether (sulfide) groups is 1. The number of aliphatic hydroxyl groups is 1. The SMILES string of the molecule is COc1c(SC(C)CCO)nc[nH]c1=O. The van der Waals surface area contributed by atoms with Crippen molar-refractivity contribution in [3.05, 3.63) is 16.7 Å². The molecule has 1 rings (SSSR count). The second kappa shape index (κ2) is 5.77. The molecule has 0 aliphatic rings. The summed E-state index contributed by atoms with van der Waals surface area (Å²) in [6, 6.07) is 0. The molecule has 0 bridgehead atoms. The predicted octanol–water partition coefficient (Wildman–Crippen LogP) is 0.641. The highest BCUT2D eigenvalue weighted by atomic mass is 32.2. The molecular weight excluding hydrogens is 216 g/mol. The molecule has 0 saturated carbocycles. The van der Waals surface area contributed by atoms with Gasteiger partial charge in [0.25, 0.3) is 5.56 Å². The highest BCUT2D eigenvalue weighted by molar-refractivity contribution is 7.99. The summed E-state index contributed by atoms with van der Waals surface area (Å²) in [7, 11) is 1.44. The van der Waals surface area contributed by atoms with Gasteiger partial charge in [-0.1, -0.05) is 18.7 Å². The lowest BCUT2D eigenvalue weighted by molar-refractivity contribution is 0.289. The zero-order chi connectivity index (χ0) is 11.3. The maximum absolute atomic E-state index is 11.3. The van der Waals surface area contributed by atoms with Crippen molar-refractivity contribution in [2.45, 2.75) is 23.6 Å². The average molecular weight is 230 g/mol. The Morgan fingerprint density at radius 1 is 1.73 bits per heavy atom. The Hall–Kier alpha value is -1.01. The van der Waals surface area contributed by atoms with Gasteiger partial charge in [-0.15, -0.1) is 0 Å². The van der Waals surface area contributed by atoms with Gasteiger partial charge < -0.3 is 14.8 Å². The lowest BCUT2D eigenvalue weighted by Crippen LogP contribution is -2.12. The van der Waals surface area contributed by atoms with Crippen LogP contribution in [0.1, 0.15) is 13.3 Å². The molecule has 2 N–H and O–H groups in total. The van der Waals surface area contributed by atoms with Crippen LogP contribution in [-0.2, 0) is 0 Å². The molecule has 0 aromatic carbocycles. The highest BCUT2D eigenvalue weighted by Gasteiger charge is 2.12. The monoisotopic (exact) mass is 230 g/mol. The van der Waals surface area contributed by atoms with E-state index in [0.717, 1.165) is 0 Å². The van der Waals surface area contributed by atoms with Gasteiger partial charge in [-0.05, 0) is 6.42 Å². The van der Waals surface area contributed by atoms with Gasteiger partial charge in [0.15, 0.2) is 0 Å². The Morgan fingerprint density at radius 3 is 3.07 bits per heavy atom. The van der Waals surface area contributed by atoms with Crippen LogP contribution < -0.4 is 10.3 Å². The Morgan fingerprint density at radius 2 is 2.47 bits per heavy atom. The van der Waals surface area contributed by atoms with Crippen LogP contribution in [0.2, 0.25) is 0 Å². The maximum Gasteiger partial charge on any atom is 0.294 e. The fourth-order valence-electron chi connectivity index (χ4n) is 1.07. The van der Waals surface area contributed by atoms with E-state index in [1.165, 1.54) is 25.2 Å². The Kier molecular flexibility index (Phi) is 4.64. The van der Waals surface area contributed by atoms with Crippen LogP contribution in [0, 0.1) is 0 Å². The van der Waals surface area contributed by atoms with Gasteiger partial charge in [0.2, 0.25) is 5.75 Å². The zero-order valence-electron chi connectivity index (χ0n) is 8.69. The molecule has 0 amide bonds. The topological polar surface area (TPSA) is 75.2 Å². The molecule has 0 saturated heterocycles. The van der Waals surface area contributed by atoms with Crippen molar-refractivity contribution in [1.29, 1.82) is 0 Å². The van der Waals surface area contributed by atoms with Crippen LogP contribution in [0.3, 0.4) is 0 Å². The predicted molar refractivity (Wildman–Crippen MR) is 58.4 cm³/mol. The van der Waals surface area contributed by atoms with Crippen molar-refractivity contribution >= 4 is 11.8 Å². The lowest BCUT2D eigenvalue weighted by atomic mass is 10.3. The van der Waals surface area contributed by atoms with Crippen molar-refractivity contribution in [1.82, 2.24) is 9.97 Å². The second-order valence-corrected chi connectivity index (χ2v) is 4.44. The van der Waals surface area contributed by atoms with Gasteiger partial charge in [-0.25, -0.2) is 4.98 Å². The first-order valence-corrected chi connectivity index (χ1v) is 5.46. The number of methoxy groups -OCH3 is 1. The van der Waals surface area contributed by atoms with Crippen molar-refractivity contribution in [2.75, 3.05) is 13.7 Å². The van der Waals surface area contributed by atoms with Crippen LogP contribution in [0.5, 0.6) is 5.75 Å². The molecule has 5 nitrogen and oxygen atoms in total. The third-order valence-corrected chi connectivity index (χ3v) is 2.98. The minimum atomic E-state index is -0.286. The van der Waals surface area contributed by atoms with Gasteiger partial charge in [-0.3, -0.25) is 4.79 Å². The summed E-state index contributed by atoms with van der Waals surface area (Å²) >= 11 is 1.42. The largest absolute Gasteiger partial charge is 0.489 e. The normalized spacial score (nSPS) is 12.5. The number of H-pyrrole nitrogens is 1. The first-order chi connectivity index (χ1) is 7.19. The molecule has 1 aromatic rings. The Balaban J connectivity index is 2.84. The molecular formula is C9H14N2O3S. The summed E-state index contributed by atoms with van der Waals surface area (Å²) in [4.78, 5) is 17.8. The maximum atomic E-state index is 11.3. The van der Waals surface area contributed by atoms with Gasteiger partial charge in [0.1, 0.15) is 5.03 Å². The first kappa shape index (κ1) is 12.1. The van der Waals surface area contributed by atoms with Gasteiger partial charge in [0, 0.05) is 11.9 Å². The van der Waals surface area contributed by atoms with Crippen molar-refractivity contribution in [3.8, 4) is 5.75 Å². The van der Waals surface area contributed by atoms with E-state index >= 15 is 0 Å². The van der Waals surface area contributed by atoms with Crippen LogP contribution in [-0.4, -0.2) is 34.0 Å². The lowest BCUT2D eigenvalue weighted by Gasteiger charge is -2.10. The van der Waals surface area contributed by atoms with E-state index in [1.807, 2.05) is 6.92 Å². The number of nitrogens with one attached hydrogen (secondary N) is 1. The summed E-state index contributed by atoms with van der Waals surface area (Å²) in [5, 5.41) is 9.51. The summed E-state index contributed by atoms with van der Waals surface area (Å²) in [6.45, 7) is 2.09. The quantitative estimate of drug-likeness (QED) is 0.573. The van der Waals surface area contributed by atoms with Crippen molar-refractivity contribution in [3.63, 3.8) is 0 Å². The van der Waals surface area contributed by atoms with E-state index in [2.05, 4.69) is 9.97 Å². The summed E-state index contributed by atoms with van der Waals surface area (Å²) in [5.41, 5.74) is -0.286. The number of aliphatic hydroxyl groups excluding tert-OH is 1. The molecule has 0 aliphatic carbocycles. The summed E-state index contributed by atoms with van der Waals surface area (Å²) in [5.74, 6) is 0.229. The minimum Gasteiger partial charge on any atom is -0.489 e. The van der Waals surface area contributed by atoms with Gasteiger partial charge >= 0.3 is 0 Å². The number of nitrogens with zero attached hydrogens (tertiary/aromatic N) is 1. The molecule has 6 heteroatoms. The highest BCUT2D eigenvalue weighted by Crippen LogP contribution is 2.27. The van der Waals surface area contributed by atoms with Crippen LogP contribution in [0.4, 0.5) is 0 Å². The van der Waals surface area contributed by atoms with Crippen LogP contribution in [0.15, 0.2) is 16.1 Å². The molecule has 0 fully saturated rings. The zero-order valence-corrected chi connectivity index (χ0v) is 9.50. The number of aromatic amines is 1. The van der Waals surface area contributed by atoms with E-state index in [1.54, 1.807) is 0 Å².